The van der Waals surface area contributed by atoms with E-state index in [2.05, 4.69) is 25.1 Å². The minimum atomic E-state index is -0.922. The van der Waals surface area contributed by atoms with Crippen molar-refractivity contribution in [3.63, 3.8) is 0 Å². The Bertz CT molecular complexity index is 923. The molecule has 138 valence electrons. The van der Waals surface area contributed by atoms with Gasteiger partial charge in [-0.1, -0.05) is 12.1 Å². The minimum Gasteiger partial charge on any atom is -0.478 e. The van der Waals surface area contributed by atoms with Crippen LogP contribution in [0.15, 0.2) is 48.1 Å². The lowest BCUT2D eigenvalue weighted by Gasteiger charge is -2.34. The first-order valence-corrected chi connectivity index (χ1v) is 9.59. The summed E-state index contributed by atoms with van der Waals surface area (Å²) in [7, 11) is 0. The van der Waals surface area contributed by atoms with Gasteiger partial charge in [-0.25, -0.2) is 19.7 Å². The Kier molecular flexibility index (Phi) is 5.08. The highest BCUT2D eigenvalue weighted by molar-refractivity contribution is 7.13. The van der Waals surface area contributed by atoms with Gasteiger partial charge in [-0.3, -0.25) is 4.90 Å². The summed E-state index contributed by atoms with van der Waals surface area (Å²) >= 11 is 1.55. The molecule has 0 saturated carbocycles. The third kappa shape index (κ3) is 4.12. The highest BCUT2D eigenvalue weighted by Gasteiger charge is 2.19. The van der Waals surface area contributed by atoms with E-state index in [9.17, 15) is 4.79 Å². The van der Waals surface area contributed by atoms with Crippen molar-refractivity contribution in [2.75, 3.05) is 31.1 Å². The topological polar surface area (TPSA) is 82.5 Å². The number of aromatic carboxylic acids is 1. The van der Waals surface area contributed by atoms with Gasteiger partial charge in [0, 0.05) is 56.1 Å². The van der Waals surface area contributed by atoms with Crippen molar-refractivity contribution in [1.82, 2.24) is 19.9 Å². The molecule has 1 saturated heterocycles. The fraction of sp³-hybridized carbons (Fsp3) is 0.263. The zero-order valence-corrected chi connectivity index (χ0v) is 15.5. The molecule has 3 aromatic rings. The monoisotopic (exact) mass is 381 g/mol. The first kappa shape index (κ1) is 17.6. The van der Waals surface area contributed by atoms with Gasteiger partial charge in [-0.2, -0.15) is 0 Å². The maximum atomic E-state index is 11.1. The summed E-state index contributed by atoms with van der Waals surface area (Å²) in [6, 6.07) is 8.74. The maximum absolute atomic E-state index is 11.1. The van der Waals surface area contributed by atoms with Crippen LogP contribution in [0, 0.1) is 0 Å². The van der Waals surface area contributed by atoms with E-state index in [0.29, 0.717) is 0 Å². The van der Waals surface area contributed by atoms with E-state index in [0.717, 1.165) is 54.9 Å². The van der Waals surface area contributed by atoms with Gasteiger partial charge >= 0.3 is 5.97 Å². The molecule has 27 heavy (non-hydrogen) atoms. The number of carboxylic acids is 1. The van der Waals surface area contributed by atoms with Crippen LogP contribution in [0.2, 0.25) is 0 Å². The Morgan fingerprint density at radius 2 is 1.89 bits per heavy atom. The molecule has 1 fully saturated rings. The molecular weight excluding hydrogens is 362 g/mol. The second kappa shape index (κ2) is 7.81. The number of aromatic nitrogens is 3. The number of piperazine rings is 1. The molecule has 0 radical (unpaired) electrons. The zero-order valence-electron chi connectivity index (χ0n) is 14.7. The number of hydrogen-bond acceptors (Lipinski definition) is 7. The van der Waals surface area contributed by atoms with E-state index in [4.69, 9.17) is 10.1 Å². The summed E-state index contributed by atoms with van der Waals surface area (Å²) in [6.45, 7) is 4.43. The zero-order chi connectivity index (χ0) is 18.6. The van der Waals surface area contributed by atoms with Crippen LogP contribution in [-0.2, 0) is 6.54 Å². The molecule has 2 aromatic heterocycles. The van der Waals surface area contributed by atoms with Crippen molar-refractivity contribution < 1.29 is 9.90 Å². The van der Waals surface area contributed by atoms with Crippen LogP contribution >= 0.6 is 11.3 Å². The molecule has 1 aliphatic heterocycles. The molecule has 1 aliphatic rings. The molecule has 0 spiro atoms. The highest BCUT2D eigenvalue weighted by Crippen LogP contribution is 2.25. The van der Waals surface area contributed by atoms with E-state index in [1.165, 1.54) is 0 Å². The van der Waals surface area contributed by atoms with E-state index in [1.54, 1.807) is 41.9 Å². The summed E-state index contributed by atoms with van der Waals surface area (Å²) in [5.41, 5.74) is 2.14. The number of thiazole rings is 1. The second-order valence-corrected chi connectivity index (χ2v) is 7.20. The molecule has 0 bridgehead atoms. The van der Waals surface area contributed by atoms with E-state index >= 15 is 0 Å². The lowest BCUT2D eigenvalue weighted by molar-refractivity contribution is 0.0697. The number of carboxylic acid groups (broad SMARTS) is 1. The fourth-order valence-electron chi connectivity index (χ4n) is 3.09. The van der Waals surface area contributed by atoms with Crippen LogP contribution in [0.5, 0.6) is 0 Å². The smallest absolute Gasteiger partial charge is 0.335 e. The van der Waals surface area contributed by atoms with Gasteiger partial charge in [-0.05, 0) is 18.2 Å². The van der Waals surface area contributed by atoms with Crippen molar-refractivity contribution in [3.05, 3.63) is 59.4 Å². The van der Waals surface area contributed by atoms with Gasteiger partial charge < -0.3 is 10.0 Å². The largest absolute Gasteiger partial charge is 0.478 e. The third-order valence-corrected chi connectivity index (χ3v) is 5.44. The van der Waals surface area contributed by atoms with Crippen LogP contribution in [0.1, 0.15) is 16.1 Å². The van der Waals surface area contributed by atoms with Crippen LogP contribution in [0.4, 0.5) is 5.95 Å². The van der Waals surface area contributed by atoms with Crippen molar-refractivity contribution in [3.8, 4) is 10.6 Å². The summed E-state index contributed by atoms with van der Waals surface area (Å²) < 4.78 is 0. The van der Waals surface area contributed by atoms with Crippen molar-refractivity contribution >= 4 is 23.3 Å². The Balaban J connectivity index is 1.38. The van der Waals surface area contributed by atoms with E-state index in [1.807, 2.05) is 12.1 Å². The molecule has 4 rings (SSSR count). The summed E-state index contributed by atoms with van der Waals surface area (Å²) in [5, 5.41) is 12.0. The average Bonchev–Trinajstić information content (AvgIpc) is 3.18. The molecule has 3 heterocycles. The van der Waals surface area contributed by atoms with Gasteiger partial charge in [0.25, 0.3) is 0 Å². The van der Waals surface area contributed by atoms with Crippen LogP contribution < -0.4 is 4.90 Å². The lowest BCUT2D eigenvalue weighted by Crippen LogP contribution is -2.46. The second-order valence-electron chi connectivity index (χ2n) is 6.34. The molecule has 0 atom stereocenters. The number of hydrogen-bond donors (Lipinski definition) is 1. The first-order chi connectivity index (χ1) is 13.2. The molecule has 1 aromatic carbocycles. The quantitative estimate of drug-likeness (QED) is 0.727. The normalized spacial score (nSPS) is 15.0. The molecule has 8 heteroatoms. The van der Waals surface area contributed by atoms with Gasteiger partial charge in [0.2, 0.25) is 5.95 Å². The Morgan fingerprint density at radius 3 is 2.63 bits per heavy atom. The predicted molar refractivity (Wildman–Crippen MR) is 104 cm³/mol. The number of rotatable bonds is 5. The van der Waals surface area contributed by atoms with Crippen LogP contribution in [0.25, 0.3) is 10.6 Å². The third-order valence-electron chi connectivity index (χ3n) is 4.50. The van der Waals surface area contributed by atoms with Crippen molar-refractivity contribution in [1.29, 1.82) is 0 Å². The average molecular weight is 381 g/mol. The Labute approximate surface area is 161 Å². The molecular formula is C19H19N5O2S. The van der Waals surface area contributed by atoms with Gasteiger partial charge in [0.15, 0.2) is 0 Å². The Morgan fingerprint density at radius 1 is 1.11 bits per heavy atom. The molecule has 7 nitrogen and oxygen atoms in total. The van der Waals surface area contributed by atoms with E-state index < -0.39 is 5.97 Å². The highest BCUT2D eigenvalue weighted by atomic mass is 32.1. The minimum absolute atomic E-state index is 0.281. The number of carbonyl (C=O) groups is 1. The number of nitrogens with zero attached hydrogens (tertiary/aromatic N) is 5. The van der Waals surface area contributed by atoms with Crippen LogP contribution in [0.3, 0.4) is 0 Å². The summed E-state index contributed by atoms with van der Waals surface area (Å²) in [4.78, 5) is 29.0. The van der Waals surface area contributed by atoms with Gasteiger partial charge in [0.1, 0.15) is 5.01 Å². The number of benzene rings is 1. The standard InChI is InChI=1S/C19H19N5O2S/c25-18(26)15-4-1-3-14(11-15)17-22-16(13-27-17)12-23-7-9-24(10-8-23)19-20-5-2-6-21-19/h1-6,11,13H,7-10,12H2,(H,25,26). The molecule has 0 unspecified atom stereocenters. The lowest BCUT2D eigenvalue weighted by atomic mass is 10.1. The van der Waals surface area contributed by atoms with Crippen molar-refractivity contribution in [2.24, 2.45) is 0 Å². The number of anilines is 1. The maximum Gasteiger partial charge on any atom is 0.335 e. The summed E-state index contributed by atoms with van der Waals surface area (Å²) in [6.07, 6.45) is 3.54. The fourth-order valence-corrected chi connectivity index (χ4v) is 3.89. The molecule has 1 N–H and O–H groups in total. The molecule has 0 amide bonds. The van der Waals surface area contributed by atoms with Gasteiger partial charge in [0.05, 0.1) is 11.3 Å². The Hall–Kier alpha value is -2.84. The first-order valence-electron chi connectivity index (χ1n) is 8.71. The predicted octanol–water partition coefficient (Wildman–Crippen LogP) is 2.62. The van der Waals surface area contributed by atoms with E-state index in [-0.39, 0.29) is 5.56 Å². The van der Waals surface area contributed by atoms with Crippen molar-refractivity contribution in [2.45, 2.75) is 6.54 Å². The van der Waals surface area contributed by atoms with Gasteiger partial charge in [-0.15, -0.1) is 11.3 Å². The van der Waals surface area contributed by atoms with Crippen LogP contribution in [-0.4, -0.2) is 57.1 Å². The SMILES string of the molecule is O=C(O)c1cccc(-c2nc(CN3CCN(c4ncccn4)CC3)cs2)c1. The molecule has 0 aliphatic carbocycles. The summed E-state index contributed by atoms with van der Waals surface area (Å²) in [5.74, 6) is -0.139.